The quantitative estimate of drug-likeness (QED) is 0.526. The van der Waals surface area contributed by atoms with Crippen LogP contribution in [0.25, 0.3) is 0 Å². The number of rotatable bonds is 11. The largest absolute Gasteiger partial charge is 0.379 e. The molecular weight excluding hydrogens is 423 g/mol. The standard InChI is InChI=1S/C26H33FN2O4/c1-2-32-13-14-33-19-22-6-3-5-21(15-22)17-28-26(31)23-7-4-12-29(18-23)25(30)16-20-8-10-24(27)11-9-20/h3,5-6,8-11,15,23H,2,4,7,12-14,16-19H2,1H3,(H,28,31). The van der Waals surface area contributed by atoms with Crippen molar-refractivity contribution in [3.63, 3.8) is 0 Å². The van der Waals surface area contributed by atoms with Gasteiger partial charge in [-0.1, -0.05) is 36.4 Å². The van der Waals surface area contributed by atoms with Crippen molar-refractivity contribution < 1.29 is 23.5 Å². The molecule has 1 N–H and O–H groups in total. The molecule has 1 heterocycles. The van der Waals surface area contributed by atoms with Gasteiger partial charge in [-0.15, -0.1) is 0 Å². The first-order valence-electron chi connectivity index (χ1n) is 11.6. The third-order valence-electron chi connectivity index (χ3n) is 5.72. The molecule has 1 fully saturated rings. The zero-order valence-electron chi connectivity index (χ0n) is 19.2. The normalized spacial score (nSPS) is 15.9. The average molecular weight is 457 g/mol. The summed E-state index contributed by atoms with van der Waals surface area (Å²) in [5.41, 5.74) is 2.83. The van der Waals surface area contributed by atoms with E-state index in [0.29, 0.717) is 46.1 Å². The molecular formula is C26H33FN2O4. The lowest BCUT2D eigenvalue weighted by Crippen LogP contribution is -2.45. The van der Waals surface area contributed by atoms with Crippen molar-refractivity contribution in [2.45, 2.75) is 39.3 Å². The van der Waals surface area contributed by atoms with Crippen molar-refractivity contribution in [1.82, 2.24) is 10.2 Å². The van der Waals surface area contributed by atoms with Crippen LogP contribution in [0.5, 0.6) is 0 Å². The Morgan fingerprint density at radius 3 is 2.61 bits per heavy atom. The molecule has 7 heteroatoms. The molecule has 0 aromatic heterocycles. The second-order valence-electron chi connectivity index (χ2n) is 8.27. The maximum absolute atomic E-state index is 13.1. The molecule has 33 heavy (non-hydrogen) atoms. The molecule has 0 aliphatic carbocycles. The number of nitrogens with one attached hydrogen (secondary N) is 1. The van der Waals surface area contributed by atoms with E-state index < -0.39 is 0 Å². The molecule has 178 valence electrons. The molecule has 2 aromatic rings. The summed E-state index contributed by atoms with van der Waals surface area (Å²) < 4.78 is 24.0. The van der Waals surface area contributed by atoms with E-state index in [4.69, 9.17) is 9.47 Å². The topological polar surface area (TPSA) is 67.9 Å². The number of carbonyl (C=O) groups is 2. The van der Waals surface area contributed by atoms with Gasteiger partial charge in [-0.05, 0) is 48.6 Å². The van der Waals surface area contributed by atoms with Gasteiger partial charge in [0, 0.05) is 26.2 Å². The third-order valence-corrected chi connectivity index (χ3v) is 5.72. The number of piperidine rings is 1. The fraction of sp³-hybridized carbons (Fsp3) is 0.462. The van der Waals surface area contributed by atoms with E-state index in [1.165, 1.54) is 12.1 Å². The van der Waals surface area contributed by atoms with Crippen LogP contribution in [0.4, 0.5) is 4.39 Å². The van der Waals surface area contributed by atoms with Gasteiger partial charge < -0.3 is 19.7 Å². The van der Waals surface area contributed by atoms with Crippen molar-refractivity contribution >= 4 is 11.8 Å². The Morgan fingerprint density at radius 1 is 1.06 bits per heavy atom. The Labute approximate surface area is 195 Å². The first-order valence-corrected chi connectivity index (χ1v) is 11.6. The summed E-state index contributed by atoms with van der Waals surface area (Å²) >= 11 is 0. The van der Waals surface area contributed by atoms with Gasteiger partial charge in [0.2, 0.25) is 11.8 Å². The first-order chi connectivity index (χ1) is 16.0. The minimum Gasteiger partial charge on any atom is -0.379 e. The molecule has 0 radical (unpaired) electrons. The predicted molar refractivity (Wildman–Crippen MR) is 124 cm³/mol. The van der Waals surface area contributed by atoms with Crippen LogP contribution >= 0.6 is 0 Å². The van der Waals surface area contributed by atoms with Gasteiger partial charge in [0.1, 0.15) is 5.82 Å². The van der Waals surface area contributed by atoms with Crippen molar-refractivity contribution in [2.75, 3.05) is 32.9 Å². The highest BCUT2D eigenvalue weighted by atomic mass is 19.1. The number of carbonyl (C=O) groups excluding carboxylic acids is 2. The fourth-order valence-corrected chi connectivity index (χ4v) is 3.92. The fourth-order valence-electron chi connectivity index (χ4n) is 3.92. The van der Waals surface area contributed by atoms with Crippen LogP contribution in [0, 0.1) is 11.7 Å². The van der Waals surface area contributed by atoms with Gasteiger partial charge in [0.25, 0.3) is 0 Å². The van der Waals surface area contributed by atoms with Gasteiger partial charge in [-0.2, -0.15) is 0 Å². The second kappa shape index (κ2) is 13.1. The number of halogens is 1. The van der Waals surface area contributed by atoms with E-state index in [-0.39, 0.29) is 30.0 Å². The molecule has 0 bridgehead atoms. The molecule has 1 unspecified atom stereocenters. The smallest absolute Gasteiger partial charge is 0.227 e. The van der Waals surface area contributed by atoms with Gasteiger partial charge in [0.15, 0.2) is 0 Å². The van der Waals surface area contributed by atoms with Crippen molar-refractivity contribution in [3.8, 4) is 0 Å². The van der Waals surface area contributed by atoms with E-state index in [2.05, 4.69) is 5.32 Å². The maximum atomic E-state index is 13.1. The molecule has 1 aliphatic heterocycles. The molecule has 2 aromatic carbocycles. The predicted octanol–water partition coefficient (Wildman–Crippen LogP) is 3.48. The van der Waals surface area contributed by atoms with Gasteiger partial charge >= 0.3 is 0 Å². The van der Waals surface area contributed by atoms with Gasteiger partial charge in [0.05, 0.1) is 32.2 Å². The molecule has 0 saturated carbocycles. The van der Waals surface area contributed by atoms with Crippen LogP contribution in [0.3, 0.4) is 0 Å². The summed E-state index contributed by atoms with van der Waals surface area (Å²) in [6.45, 7) is 5.76. The lowest BCUT2D eigenvalue weighted by Gasteiger charge is -2.32. The second-order valence-corrected chi connectivity index (χ2v) is 8.27. The number of benzene rings is 2. The van der Waals surface area contributed by atoms with Crippen LogP contribution in [0.2, 0.25) is 0 Å². The zero-order valence-corrected chi connectivity index (χ0v) is 19.2. The summed E-state index contributed by atoms with van der Waals surface area (Å²) in [5, 5.41) is 3.02. The molecule has 0 spiro atoms. The average Bonchev–Trinajstić information content (AvgIpc) is 2.84. The third kappa shape index (κ3) is 8.26. The Balaban J connectivity index is 1.44. The number of ether oxygens (including phenoxy) is 2. The first kappa shape index (κ1) is 24.9. The van der Waals surface area contributed by atoms with Crippen LogP contribution in [-0.2, 0) is 38.6 Å². The Kier molecular flexibility index (Phi) is 9.84. The number of nitrogens with zero attached hydrogens (tertiary/aromatic N) is 1. The summed E-state index contributed by atoms with van der Waals surface area (Å²) in [4.78, 5) is 27.2. The summed E-state index contributed by atoms with van der Waals surface area (Å²) in [5.74, 6) is -0.606. The van der Waals surface area contributed by atoms with Crippen LogP contribution in [-0.4, -0.2) is 49.6 Å². The lowest BCUT2D eigenvalue weighted by molar-refractivity contribution is -0.135. The number of hydrogen-bond acceptors (Lipinski definition) is 4. The molecule has 6 nitrogen and oxygen atoms in total. The van der Waals surface area contributed by atoms with Gasteiger partial charge in [-0.25, -0.2) is 4.39 Å². The van der Waals surface area contributed by atoms with E-state index in [1.807, 2.05) is 31.2 Å². The Bertz CT molecular complexity index is 903. The van der Waals surface area contributed by atoms with E-state index in [9.17, 15) is 14.0 Å². The minimum absolute atomic E-state index is 0.0313. The maximum Gasteiger partial charge on any atom is 0.227 e. The molecule has 2 amide bonds. The summed E-state index contributed by atoms with van der Waals surface area (Å²) in [7, 11) is 0. The monoisotopic (exact) mass is 456 g/mol. The van der Waals surface area contributed by atoms with Gasteiger partial charge in [-0.3, -0.25) is 9.59 Å². The van der Waals surface area contributed by atoms with Crippen molar-refractivity contribution in [1.29, 1.82) is 0 Å². The number of hydrogen-bond donors (Lipinski definition) is 1. The summed E-state index contributed by atoms with van der Waals surface area (Å²) in [6, 6.07) is 13.9. The van der Waals surface area contributed by atoms with Crippen molar-refractivity contribution in [3.05, 3.63) is 71.0 Å². The highest BCUT2D eigenvalue weighted by Crippen LogP contribution is 2.18. The van der Waals surface area contributed by atoms with Crippen LogP contribution in [0.1, 0.15) is 36.5 Å². The highest BCUT2D eigenvalue weighted by molar-refractivity contribution is 5.82. The molecule has 1 saturated heterocycles. The number of likely N-dealkylation sites (tertiary alicyclic amines) is 1. The Hall–Kier alpha value is -2.77. The lowest BCUT2D eigenvalue weighted by atomic mass is 9.96. The van der Waals surface area contributed by atoms with E-state index in [1.54, 1.807) is 17.0 Å². The van der Waals surface area contributed by atoms with Crippen molar-refractivity contribution in [2.24, 2.45) is 5.92 Å². The molecule has 3 rings (SSSR count). The van der Waals surface area contributed by atoms with Crippen LogP contribution in [0.15, 0.2) is 48.5 Å². The minimum atomic E-state index is -0.319. The van der Waals surface area contributed by atoms with E-state index >= 15 is 0 Å². The van der Waals surface area contributed by atoms with Crippen LogP contribution < -0.4 is 5.32 Å². The zero-order chi connectivity index (χ0) is 23.5. The molecule has 1 aliphatic rings. The number of amides is 2. The Morgan fingerprint density at radius 2 is 1.82 bits per heavy atom. The summed E-state index contributed by atoms with van der Waals surface area (Å²) in [6.07, 6.45) is 1.77. The highest BCUT2D eigenvalue weighted by Gasteiger charge is 2.28. The van der Waals surface area contributed by atoms with E-state index in [0.717, 1.165) is 29.5 Å². The molecule has 1 atom stereocenters. The SMILES string of the molecule is CCOCCOCc1cccc(CNC(=O)C2CCCN(C(=O)Cc3ccc(F)cc3)C2)c1.